The summed E-state index contributed by atoms with van der Waals surface area (Å²) in [5.41, 5.74) is 4.02. The Morgan fingerprint density at radius 1 is 0.650 bits per heavy atom. The summed E-state index contributed by atoms with van der Waals surface area (Å²) in [7, 11) is 0. The van der Waals surface area contributed by atoms with Gasteiger partial charge in [0.05, 0.1) is 0 Å². The third-order valence-electron chi connectivity index (χ3n) is 3.53. The van der Waals surface area contributed by atoms with Gasteiger partial charge in [-0.1, -0.05) is 60.7 Å². The summed E-state index contributed by atoms with van der Waals surface area (Å²) in [5, 5.41) is 0. The van der Waals surface area contributed by atoms with Gasteiger partial charge in [-0.15, -0.1) is 0 Å². The monoisotopic (exact) mass is 260 g/mol. The van der Waals surface area contributed by atoms with Crippen LogP contribution >= 0.6 is 0 Å². The summed E-state index contributed by atoms with van der Waals surface area (Å²) in [4.78, 5) is 12.4. The molecule has 0 N–H and O–H groups in total. The Balaban J connectivity index is 1.85. The van der Waals surface area contributed by atoms with E-state index in [0.717, 1.165) is 35.1 Å². The Morgan fingerprint density at radius 3 is 1.45 bits per heavy atom. The van der Waals surface area contributed by atoms with E-state index in [4.69, 9.17) is 0 Å². The molecule has 0 atom stereocenters. The van der Waals surface area contributed by atoms with Crippen molar-refractivity contribution in [1.82, 2.24) is 0 Å². The zero-order valence-electron chi connectivity index (χ0n) is 11.3. The van der Waals surface area contributed by atoms with Gasteiger partial charge in [0.1, 0.15) is 0 Å². The highest BCUT2D eigenvalue weighted by molar-refractivity contribution is 6.15. The molecule has 0 unspecified atom stereocenters. The summed E-state index contributed by atoms with van der Waals surface area (Å²) in [6, 6.07) is 20.0. The van der Waals surface area contributed by atoms with Crippen molar-refractivity contribution in [2.75, 3.05) is 0 Å². The summed E-state index contributed by atoms with van der Waals surface area (Å²) in [6.07, 6.45) is 5.70. The number of hydrogen-bond donors (Lipinski definition) is 0. The molecule has 20 heavy (non-hydrogen) atoms. The first-order valence-corrected chi connectivity index (χ1v) is 6.89. The number of ketones is 1. The van der Waals surface area contributed by atoms with Crippen molar-refractivity contribution in [2.45, 2.75) is 12.8 Å². The topological polar surface area (TPSA) is 17.1 Å². The molecule has 0 heterocycles. The Bertz CT molecular complexity index is 604. The molecule has 0 bridgehead atoms. The molecule has 0 radical (unpaired) electrons. The minimum Gasteiger partial charge on any atom is -0.289 e. The number of allylic oxidation sites excluding steroid dienone is 2. The number of rotatable bonds is 2. The van der Waals surface area contributed by atoms with Crippen molar-refractivity contribution in [1.29, 1.82) is 0 Å². The van der Waals surface area contributed by atoms with Crippen molar-refractivity contribution >= 4 is 17.9 Å². The fourth-order valence-electron chi connectivity index (χ4n) is 2.48. The molecule has 0 aliphatic heterocycles. The number of Topliss-reactive ketones (excluding diaryl/α,β-unsaturated/α-hetero) is 1. The maximum absolute atomic E-state index is 12.4. The summed E-state index contributed by atoms with van der Waals surface area (Å²) in [5.74, 6) is 0.192. The molecule has 98 valence electrons. The Hall–Kier alpha value is -2.41. The van der Waals surface area contributed by atoms with Crippen molar-refractivity contribution in [3.8, 4) is 0 Å². The normalized spacial score (nSPS) is 18.9. The van der Waals surface area contributed by atoms with E-state index in [1.807, 2.05) is 72.8 Å². The fourth-order valence-corrected chi connectivity index (χ4v) is 2.48. The predicted molar refractivity (Wildman–Crippen MR) is 83.1 cm³/mol. The predicted octanol–water partition coefficient (Wildman–Crippen LogP) is 4.52. The SMILES string of the molecule is O=C1/C(=C\c2ccccc2)CC/C1=C\c1ccccc1. The van der Waals surface area contributed by atoms with Crippen LogP contribution in [0.1, 0.15) is 24.0 Å². The quantitative estimate of drug-likeness (QED) is 0.726. The van der Waals surface area contributed by atoms with Crippen LogP contribution in [0.5, 0.6) is 0 Å². The first kappa shape index (κ1) is 12.6. The van der Waals surface area contributed by atoms with E-state index in [1.54, 1.807) is 0 Å². The van der Waals surface area contributed by atoms with Crippen molar-refractivity contribution in [2.24, 2.45) is 0 Å². The Labute approximate surface area is 119 Å². The smallest absolute Gasteiger partial charge is 0.185 e. The minimum absolute atomic E-state index is 0.192. The van der Waals surface area contributed by atoms with Gasteiger partial charge in [-0.25, -0.2) is 0 Å². The average molecular weight is 260 g/mol. The maximum Gasteiger partial charge on any atom is 0.185 e. The standard InChI is InChI=1S/C19H16O/c20-19-17(13-15-7-3-1-4-8-15)11-12-18(19)14-16-9-5-2-6-10-16/h1-10,13-14H,11-12H2/b17-13-,18-14+. The number of carbonyl (C=O) groups excluding carboxylic acids is 1. The molecule has 1 heteroatoms. The van der Waals surface area contributed by atoms with Crippen LogP contribution in [0, 0.1) is 0 Å². The highest BCUT2D eigenvalue weighted by Crippen LogP contribution is 2.29. The average Bonchev–Trinajstić information content (AvgIpc) is 2.83. The second-order valence-corrected chi connectivity index (χ2v) is 4.99. The van der Waals surface area contributed by atoms with Gasteiger partial charge in [0.2, 0.25) is 0 Å². The van der Waals surface area contributed by atoms with E-state index in [2.05, 4.69) is 0 Å². The van der Waals surface area contributed by atoms with Crippen LogP contribution in [0.15, 0.2) is 71.8 Å². The first-order chi connectivity index (χ1) is 9.83. The van der Waals surface area contributed by atoms with Gasteiger partial charge in [0.15, 0.2) is 5.78 Å². The van der Waals surface area contributed by atoms with E-state index < -0.39 is 0 Å². The lowest BCUT2D eigenvalue weighted by Crippen LogP contribution is -1.95. The van der Waals surface area contributed by atoms with Gasteiger partial charge >= 0.3 is 0 Å². The maximum atomic E-state index is 12.4. The number of hydrogen-bond acceptors (Lipinski definition) is 1. The molecule has 1 saturated carbocycles. The van der Waals surface area contributed by atoms with Gasteiger partial charge in [0, 0.05) is 11.1 Å². The van der Waals surface area contributed by atoms with Crippen LogP contribution in [-0.4, -0.2) is 5.78 Å². The van der Waals surface area contributed by atoms with Crippen LogP contribution < -0.4 is 0 Å². The van der Waals surface area contributed by atoms with E-state index in [1.165, 1.54) is 0 Å². The van der Waals surface area contributed by atoms with E-state index in [0.29, 0.717) is 0 Å². The van der Waals surface area contributed by atoms with E-state index >= 15 is 0 Å². The van der Waals surface area contributed by atoms with Crippen LogP contribution in [0.25, 0.3) is 12.2 Å². The van der Waals surface area contributed by atoms with Crippen LogP contribution in [-0.2, 0) is 4.79 Å². The van der Waals surface area contributed by atoms with E-state index in [9.17, 15) is 4.79 Å². The molecule has 1 aliphatic rings. The lowest BCUT2D eigenvalue weighted by molar-refractivity contribution is -0.111. The van der Waals surface area contributed by atoms with Crippen molar-refractivity contribution in [3.05, 3.63) is 82.9 Å². The second kappa shape index (κ2) is 5.70. The lowest BCUT2D eigenvalue weighted by atomic mass is 10.1. The molecular weight excluding hydrogens is 244 g/mol. The molecule has 0 aromatic heterocycles. The van der Waals surface area contributed by atoms with Gasteiger partial charge in [-0.3, -0.25) is 4.79 Å². The molecule has 2 aromatic carbocycles. The molecular formula is C19H16O. The highest BCUT2D eigenvalue weighted by atomic mass is 16.1. The molecule has 3 rings (SSSR count). The molecule has 0 spiro atoms. The Kier molecular flexibility index (Phi) is 3.60. The Morgan fingerprint density at radius 2 is 1.05 bits per heavy atom. The second-order valence-electron chi connectivity index (χ2n) is 4.99. The van der Waals surface area contributed by atoms with Crippen LogP contribution in [0.3, 0.4) is 0 Å². The van der Waals surface area contributed by atoms with Gasteiger partial charge in [-0.2, -0.15) is 0 Å². The third-order valence-corrected chi connectivity index (χ3v) is 3.53. The van der Waals surface area contributed by atoms with Crippen molar-refractivity contribution in [3.63, 3.8) is 0 Å². The number of carbonyl (C=O) groups is 1. The van der Waals surface area contributed by atoms with Crippen LogP contribution in [0.4, 0.5) is 0 Å². The van der Waals surface area contributed by atoms with Gasteiger partial charge < -0.3 is 0 Å². The molecule has 1 aliphatic carbocycles. The molecule has 1 nitrogen and oxygen atoms in total. The molecule has 2 aromatic rings. The van der Waals surface area contributed by atoms with Gasteiger partial charge in [-0.05, 0) is 36.1 Å². The van der Waals surface area contributed by atoms with Crippen LogP contribution in [0.2, 0.25) is 0 Å². The zero-order valence-corrected chi connectivity index (χ0v) is 11.3. The summed E-state index contributed by atoms with van der Waals surface area (Å²) < 4.78 is 0. The first-order valence-electron chi connectivity index (χ1n) is 6.89. The molecule has 1 fully saturated rings. The number of benzene rings is 2. The molecule has 0 amide bonds. The highest BCUT2D eigenvalue weighted by Gasteiger charge is 2.22. The molecule has 0 saturated heterocycles. The lowest BCUT2D eigenvalue weighted by Gasteiger charge is -1.97. The van der Waals surface area contributed by atoms with Gasteiger partial charge in [0.25, 0.3) is 0 Å². The summed E-state index contributed by atoms with van der Waals surface area (Å²) >= 11 is 0. The van der Waals surface area contributed by atoms with Crippen molar-refractivity contribution < 1.29 is 4.79 Å². The van der Waals surface area contributed by atoms with E-state index in [-0.39, 0.29) is 5.78 Å². The largest absolute Gasteiger partial charge is 0.289 e. The summed E-state index contributed by atoms with van der Waals surface area (Å²) in [6.45, 7) is 0. The fraction of sp³-hybridized carbons (Fsp3) is 0.105. The minimum atomic E-state index is 0.192. The zero-order chi connectivity index (χ0) is 13.8. The third kappa shape index (κ3) is 2.77.